The smallest absolute Gasteiger partial charge is 0.261 e. The summed E-state index contributed by atoms with van der Waals surface area (Å²) in [4.78, 5) is 17.8. The summed E-state index contributed by atoms with van der Waals surface area (Å²) >= 11 is 5.91. The zero-order valence-corrected chi connectivity index (χ0v) is 16.5. The van der Waals surface area contributed by atoms with Gasteiger partial charge < -0.3 is 9.47 Å². The zero-order chi connectivity index (χ0) is 19.8. The number of ether oxygens (including phenoxy) is 2. The van der Waals surface area contributed by atoms with Crippen molar-refractivity contribution in [2.24, 2.45) is 0 Å². The number of benzene rings is 2. The maximum absolute atomic E-state index is 13.0. The Morgan fingerprint density at radius 1 is 1.00 bits per heavy atom. The highest BCUT2D eigenvalue weighted by atomic mass is 35.5. The lowest BCUT2D eigenvalue weighted by Gasteiger charge is -2.24. The molecule has 3 heterocycles. The molecule has 3 aromatic rings. The van der Waals surface area contributed by atoms with Crippen LogP contribution in [0.25, 0.3) is 10.9 Å². The first-order valence-electron chi connectivity index (χ1n) is 9.71. The van der Waals surface area contributed by atoms with E-state index in [2.05, 4.69) is 11.8 Å². The Balaban J connectivity index is 1.50. The number of aromatic nitrogens is 2. The van der Waals surface area contributed by atoms with Gasteiger partial charge >= 0.3 is 0 Å². The van der Waals surface area contributed by atoms with Crippen LogP contribution >= 0.6 is 11.6 Å². The molecule has 1 aromatic heterocycles. The van der Waals surface area contributed by atoms with E-state index in [1.54, 1.807) is 4.57 Å². The Hall–Kier alpha value is -2.65. The summed E-state index contributed by atoms with van der Waals surface area (Å²) in [6.45, 7) is 1.77. The molecule has 2 aliphatic heterocycles. The van der Waals surface area contributed by atoms with Gasteiger partial charge in [-0.05, 0) is 42.5 Å². The van der Waals surface area contributed by atoms with Crippen LogP contribution in [0.2, 0.25) is 5.02 Å². The van der Waals surface area contributed by atoms with Crippen molar-refractivity contribution in [1.82, 2.24) is 9.55 Å². The molecule has 0 radical (unpaired) electrons. The summed E-state index contributed by atoms with van der Waals surface area (Å²) in [6.07, 6.45) is 2.02. The predicted molar refractivity (Wildman–Crippen MR) is 111 cm³/mol. The van der Waals surface area contributed by atoms with E-state index in [1.807, 2.05) is 42.5 Å². The highest BCUT2D eigenvalue weighted by Gasteiger charge is 2.38. The molecule has 0 bridgehead atoms. The maximum atomic E-state index is 13.0. The Morgan fingerprint density at radius 3 is 2.52 bits per heavy atom. The lowest BCUT2D eigenvalue weighted by molar-refractivity contribution is -0.165. The highest BCUT2D eigenvalue weighted by Crippen LogP contribution is 2.31. The van der Waals surface area contributed by atoms with Gasteiger partial charge in [-0.1, -0.05) is 23.4 Å². The molecule has 146 valence electrons. The van der Waals surface area contributed by atoms with E-state index in [0.717, 1.165) is 17.0 Å². The molecule has 1 fully saturated rings. The van der Waals surface area contributed by atoms with Crippen molar-refractivity contribution in [2.45, 2.75) is 31.6 Å². The maximum Gasteiger partial charge on any atom is 0.261 e. The molecule has 29 heavy (non-hydrogen) atoms. The van der Waals surface area contributed by atoms with Gasteiger partial charge in [0.25, 0.3) is 5.56 Å². The van der Waals surface area contributed by atoms with Crippen molar-refractivity contribution >= 4 is 22.5 Å². The van der Waals surface area contributed by atoms with Gasteiger partial charge in [-0.2, -0.15) is 0 Å². The Bertz CT molecular complexity index is 1200. The monoisotopic (exact) mass is 406 g/mol. The lowest BCUT2D eigenvalue weighted by atomic mass is 10.1. The second kappa shape index (κ2) is 7.31. The summed E-state index contributed by atoms with van der Waals surface area (Å²) in [6, 6.07) is 12.9. The first-order valence-corrected chi connectivity index (χ1v) is 10.1. The van der Waals surface area contributed by atoms with Gasteiger partial charge in [0.1, 0.15) is 5.82 Å². The molecule has 0 amide bonds. The molecule has 0 saturated carbocycles. The number of aryl methyl sites for hydroxylation is 1. The third-order valence-electron chi connectivity index (χ3n) is 5.49. The fourth-order valence-corrected chi connectivity index (χ4v) is 4.06. The van der Waals surface area contributed by atoms with Gasteiger partial charge in [-0.25, -0.2) is 4.98 Å². The number of hydrogen-bond donors (Lipinski definition) is 0. The molecule has 1 saturated heterocycles. The van der Waals surface area contributed by atoms with Gasteiger partial charge in [0.2, 0.25) is 0 Å². The number of hydrogen-bond acceptors (Lipinski definition) is 4. The zero-order valence-electron chi connectivity index (χ0n) is 15.8. The minimum atomic E-state index is -0.568. The van der Waals surface area contributed by atoms with Crippen molar-refractivity contribution < 1.29 is 9.47 Å². The quantitative estimate of drug-likeness (QED) is 0.536. The highest BCUT2D eigenvalue weighted by molar-refractivity contribution is 6.30. The normalized spacial score (nSPS) is 17.6. The molecule has 0 unspecified atom stereocenters. The molecule has 5 rings (SSSR count). The summed E-state index contributed by atoms with van der Waals surface area (Å²) in [5.74, 6) is 6.47. The second-order valence-electron chi connectivity index (χ2n) is 7.33. The third-order valence-corrected chi connectivity index (χ3v) is 5.74. The largest absolute Gasteiger partial charge is 0.347 e. The second-order valence-corrected chi connectivity index (χ2v) is 7.77. The molecule has 5 nitrogen and oxygen atoms in total. The van der Waals surface area contributed by atoms with Gasteiger partial charge in [-0.15, -0.1) is 0 Å². The summed E-state index contributed by atoms with van der Waals surface area (Å²) in [5.41, 5.74) is 2.36. The third kappa shape index (κ3) is 3.56. The van der Waals surface area contributed by atoms with Crippen LogP contribution < -0.4 is 5.56 Å². The summed E-state index contributed by atoms with van der Waals surface area (Å²) in [5, 5.41) is 1.29. The van der Waals surface area contributed by atoms with Crippen LogP contribution in [0, 0.1) is 11.8 Å². The molecule has 6 heteroatoms. The van der Waals surface area contributed by atoms with E-state index >= 15 is 0 Å². The molecule has 2 aliphatic rings. The van der Waals surface area contributed by atoms with Crippen LogP contribution in [0.15, 0.2) is 47.3 Å². The van der Waals surface area contributed by atoms with E-state index in [1.165, 1.54) is 0 Å². The fourth-order valence-electron chi connectivity index (χ4n) is 3.94. The van der Waals surface area contributed by atoms with Crippen LogP contribution in [-0.2, 0) is 22.4 Å². The fraction of sp³-hybridized carbons (Fsp3) is 0.304. The van der Waals surface area contributed by atoms with Crippen LogP contribution in [0.4, 0.5) is 0 Å². The number of fused-ring (bicyclic) bond motifs is 2. The van der Waals surface area contributed by atoms with E-state index in [-0.39, 0.29) is 5.56 Å². The average molecular weight is 407 g/mol. The molecule has 0 aliphatic carbocycles. The van der Waals surface area contributed by atoms with E-state index < -0.39 is 5.79 Å². The molecular weight excluding hydrogens is 388 g/mol. The Morgan fingerprint density at radius 2 is 1.72 bits per heavy atom. The molecule has 0 atom stereocenters. The summed E-state index contributed by atoms with van der Waals surface area (Å²) < 4.78 is 13.4. The first kappa shape index (κ1) is 18.4. The SMILES string of the molecule is O=c1c2ccc(C#Cc3ccc(Cl)cc3)cc2nc2n1CCC1(CC2)OCCO1. The van der Waals surface area contributed by atoms with E-state index in [9.17, 15) is 4.79 Å². The average Bonchev–Trinajstić information content (AvgIpc) is 3.12. The van der Waals surface area contributed by atoms with Crippen molar-refractivity contribution in [3.05, 3.63) is 74.8 Å². The van der Waals surface area contributed by atoms with E-state index in [4.69, 9.17) is 26.1 Å². The number of halogens is 1. The van der Waals surface area contributed by atoms with Crippen molar-refractivity contribution in [2.75, 3.05) is 13.2 Å². The van der Waals surface area contributed by atoms with E-state index in [0.29, 0.717) is 54.9 Å². The van der Waals surface area contributed by atoms with Crippen molar-refractivity contribution in [1.29, 1.82) is 0 Å². The minimum Gasteiger partial charge on any atom is -0.347 e. The van der Waals surface area contributed by atoms with Gasteiger partial charge in [0.05, 0.1) is 24.1 Å². The number of nitrogens with zero attached hydrogens (tertiary/aromatic N) is 2. The predicted octanol–water partition coefficient (Wildman–Crippen LogP) is 3.53. The van der Waals surface area contributed by atoms with Crippen LogP contribution in [0.1, 0.15) is 29.8 Å². The van der Waals surface area contributed by atoms with Crippen LogP contribution in [-0.4, -0.2) is 28.6 Å². The number of rotatable bonds is 0. The summed E-state index contributed by atoms with van der Waals surface area (Å²) in [7, 11) is 0. The Labute approximate surface area is 173 Å². The van der Waals surface area contributed by atoms with Crippen molar-refractivity contribution in [3.63, 3.8) is 0 Å². The standard InChI is InChI=1S/C23H19ClN2O3/c24-18-6-3-16(4-7-18)1-2-17-5-8-19-20(15-17)25-21-9-10-23(28-13-14-29-23)11-12-26(21)22(19)27/h3-8,15H,9-14H2. The molecular formula is C23H19ClN2O3. The van der Waals surface area contributed by atoms with Crippen LogP contribution in [0.3, 0.4) is 0 Å². The minimum absolute atomic E-state index is 0.0164. The molecule has 2 aromatic carbocycles. The molecule has 1 spiro atoms. The Kier molecular flexibility index (Phi) is 4.63. The van der Waals surface area contributed by atoms with Crippen molar-refractivity contribution in [3.8, 4) is 11.8 Å². The van der Waals surface area contributed by atoms with Gasteiger partial charge in [0.15, 0.2) is 5.79 Å². The first-order chi connectivity index (χ1) is 14.1. The van der Waals surface area contributed by atoms with Gasteiger partial charge in [0, 0.05) is 42.0 Å². The topological polar surface area (TPSA) is 53.4 Å². The lowest BCUT2D eigenvalue weighted by Crippen LogP contribution is -2.31. The molecule has 0 N–H and O–H groups in total. The van der Waals surface area contributed by atoms with Crippen LogP contribution in [0.5, 0.6) is 0 Å². The van der Waals surface area contributed by atoms with Gasteiger partial charge in [-0.3, -0.25) is 9.36 Å².